The summed E-state index contributed by atoms with van der Waals surface area (Å²) in [6, 6.07) is 9.94. The van der Waals surface area contributed by atoms with Gasteiger partial charge in [-0.2, -0.15) is 0 Å². The third-order valence-electron chi connectivity index (χ3n) is 4.75. The number of benzene rings is 1. The zero-order valence-corrected chi connectivity index (χ0v) is 17.1. The predicted octanol–water partition coefficient (Wildman–Crippen LogP) is 1.29. The van der Waals surface area contributed by atoms with Crippen LogP contribution in [-0.4, -0.2) is 67.9 Å². The molecule has 0 aliphatic carbocycles. The highest BCUT2D eigenvalue weighted by Gasteiger charge is 2.27. The van der Waals surface area contributed by atoms with E-state index in [2.05, 4.69) is 24.0 Å². The number of amides is 1. The molecule has 2 atom stereocenters. The van der Waals surface area contributed by atoms with Crippen LogP contribution in [0, 0.1) is 0 Å². The number of carbonyl (C=O) groups excluding carboxylic acids is 1. The van der Waals surface area contributed by atoms with E-state index in [-0.39, 0.29) is 30.5 Å². The molecule has 1 aromatic carbocycles. The van der Waals surface area contributed by atoms with Gasteiger partial charge in [0.25, 0.3) is 0 Å². The van der Waals surface area contributed by atoms with Crippen LogP contribution in [-0.2, 0) is 21.2 Å². The van der Waals surface area contributed by atoms with Gasteiger partial charge in [0.15, 0.2) is 0 Å². The van der Waals surface area contributed by atoms with Gasteiger partial charge in [0.2, 0.25) is 5.91 Å². The molecule has 1 fully saturated rings. The van der Waals surface area contributed by atoms with Crippen molar-refractivity contribution in [2.45, 2.75) is 38.4 Å². The van der Waals surface area contributed by atoms with Crippen molar-refractivity contribution >= 4 is 28.2 Å². The zero-order valence-electron chi connectivity index (χ0n) is 15.5. The average molecular weight is 404 g/mol. The Morgan fingerprint density at radius 3 is 2.50 bits per heavy atom. The van der Waals surface area contributed by atoms with E-state index in [0.29, 0.717) is 19.1 Å². The van der Waals surface area contributed by atoms with Crippen molar-refractivity contribution in [2.24, 2.45) is 5.73 Å². The Morgan fingerprint density at radius 1 is 1.23 bits per heavy atom. The molecule has 0 aromatic heterocycles. The molecule has 1 aliphatic heterocycles. The van der Waals surface area contributed by atoms with Crippen molar-refractivity contribution in [3.8, 4) is 0 Å². The van der Waals surface area contributed by atoms with E-state index in [9.17, 15) is 13.2 Å². The maximum absolute atomic E-state index is 12.5. The first-order valence-corrected chi connectivity index (χ1v) is 10.8. The second kappa shape index (κ2) is 10.3. The molecule has 2 N–H and O–H groups in total. The molecule has 2 unspecified atom stereocenters. The molecule has 26 heavy (non-hydrogen) atoms. The van der Waals surface area contributed by atoms with Crippen molar-refractivity contribution in [3.63, 3.8) is 0 Å². The van der Waals surface area contributed by atoms with Crippen molar-refractivity contribution < 1.29 is 13.2 Å². The van der Waals surface area contributed by atoms with Crippen LogP contribution >= 0.6 is 12.4 Å². The van der Waals surface area contributed by atoms with Crippen LogP contribution in [0.3, 0.4) is 0 Å². The molecule has 8 heteroatoms. The quantitative estimate of drug-likeness (QED) is 0.773. The number of carbonyl (C=O) groups is 1. The molecule has 6 nitrogen and oxygen atoms in total. The number of hydrogen-bond donors (Lipinski definition) is 1. The highest BCUT2D eigenvalue weighted by molar-refractivity contribution is 7.90. The van der Waals surface area contributed by atoms with Gasteiger partial charge < -0.3 is 10.6 Å². The minimum absolute atomic E-state index is 0. The lowest BCUT2D eigenvalue weighted by Gasteiger charge is -2.26. The molecule has 0 saturated carbocycles. The Bertz CT molecular complexity index is 670. The zero-order chi connectivity index (χ0) is 18.4. The lowest BCUT2D eigenvalue weighted by atomic mass is 10.1. The lowest BCUT2D eigenvalue weighted by molar-refractivity contribution is -0.132. The van der Waals surface area contributed by atoms with Crippen LogP contribution in [0.1, 0.15) is 25.3 Å². The topological polar surface area (TPSA) is 83.7 Å². The number of hydrogen-bond acceptors (Lipinski definition) is 5. The monoisotopic (exact) mass is 403 g/mol. The van der Waals surface area contributed by atoms with Crippen LogP contribution in [0.2, 0.25) is 0 Å². The standard InChI is InChI=1S/C18H29N3O3S.ClH/c1-15-8-10-20(18(22)17(19)9-13-25(2,23)24)11-12-21(15)14-16-6-4-3-5-7-16;/h3-7,15,17H,8-14,19H2,1-2H3;1H. The van der Waals surface area contributed by atoms with E-state index in [4.69, 9.17) is 5.73 Å². The smallest absolute Gasteiger partial charge is 0.239 e. The summed E-state index contributed by atoms with van der Waals surface area (Å²) in [7, 11) is -3.10. The van der Waals surface area contributed by atoms with Gasteiger partial charge in [-0.05, 0) is 25.3 Å². The molecule has 2 rings (SSSR count). The minimum atomic E-state index is -3.10. The van der Waals surface area contributed by atoms with Gasteiger partial charge in [-0.1, -0.05) is 30.3 Å². The van der Waals surface area contributed by atoms with Crippen molar-refractivity contribution in [1.29, 1.82) is 0 Å². The Labute approximate surface area is 163 Å². The van der Waals surface area contributed by atoms with Crippen LogP contribution in [0.25, 0.3) is 0 Å². The van der Waals surface area contributed by atoms with Gasteiger partial charge in [-0.25, -0.2) is 8.42 Å². The van der Waals surface area contributed by atoms with Crippen molar-refractivity contribution in [2.75, 3.05) is 31.6 Å². The number of rotatable bonds is 6. The van der Waals surface area contributed by atoms with E-state index in [0.717, 1.165) is 19.5 Å². The Morgan fingerprint density at radius 2 is 1.88 bits per heavy atom. The van der Waals surface area contributed by atoms with Crippen LogP contribution < -0.4 is 5.73 Å². The first-order chi connectivity index (χ1) is 11.8. The second-order valence-electron chi connectivity index (χ2n) is 6.94. The van der Waals surface area contributed by atoms with E-state index in [1.54, 1.807) is 4.90 Å². The second-order valence-corrected chi connectivity index (χ2v) is 9.20. The maximum Gasteiger partial charge on any atom is 0.239 e. The molecule has 1 aliphatic rings. The van der Waals surface area contributed by atoms with Crippen LogP contribution in [0.5, 0.6) is 0 Å². The van der Waals surface area contributed by atoms with Gasteiger partial charge in [-0.15, -0.1) is 12.4 Å². The highest BCUT2D eigenvalue weighted by atomic mass is 35.5. The third kappa shape index (κ3) is 7.23. The molecule has 148 valence electrons. The molecule has 0 spiro atoms. The molecule has 1 heterocycles. The van der Waals surface area contributed by atoms with Crippen LogP contribution in [0.4, 0.5) is 0 Å². The summed E-state index contributed by atoms with van der Waals surface area (Å²) in [5.74, 6) is -0.193. The van der Waals surface area contributed by atoms with E-state index < -0.39 is 15.9 Å². The number of sulfone groups is 1. The van der Waals surface area contributed by atoms with E-state index in [1.807, 2.05) is 18.2 Å². The highest BCUT2D eigenvalue weighted by Crippen LogP contribution is 2.15. The molecule has 1 aromatic rings. The van der Waals surface area contributed by atoms with Crippen molar-refractivity contribution in [3.05, 3.63) is 35.9 Å². The first kappa shape index (κ1) is 22.9. The van der Waals surface area contributed by atoms with Gasteiger partial charge in [0.05, 0.1) is 11.8 Å². The number of nitrogens with two attached hydrogens (primary N) is 1. The van der Waals surface area contributed by atoms with Gasteiger partial charge in [0, 0.05) is 38.5 Å². The average Bonchev–Trinajstić information content (AvgIpc) is 2.75. The Balaban J connectivity index is 0.00000338. The summed E-state index contributed by atoms with van der Waals surface area (Å²) in [4.78, 5) is 16.7. The summed E-state index contributed by atoms with van der Waals surface area (Å²) < 4.78 is 22.5. The van der Waals surface area contributed by atoms with E-state index >= 15 is 0 Å². The summed E-state index contributed by atoms with van der Waals surface area (Å²) in [5.41, 5.74) is 7.19. The molecule has 0 radical (unpaired) electrons. The summed E-state index contributed by atoms with van der Waals surface area (Å²) >= 11 is 0. The largest absolute Gasteiger partial charge is 0.340 e. The first-order valence-electron chi connectivity index (χ1n) is 8.76. The lowest BCUT2D eigenvalue weighted by Crippen LogP contribution is -2.46. The Kier molecular flexibility index (Phi) is 9.03. The fourth-order valence-corrected chi connectivity index (χ4v) is 3.76. The summed E-state index contributed by atoms with van der Waals surface area (Å²) in [6.45, 7) is 5.13. The molecule has 1 amide bonds. The Hall–Kier alpha value is -1.15. The fourth-order valence-electron chi connectivity index (χ4n) is 3.08. The maximum atomic E-state index is 12.5. The van der Waals surface area contributed by atoms with Gasteiger partial charge in [-0.3, -0.25) is 9.69 Å². The third-order valence-corrected chi connectivity index (χ3v) is 5.73. The van der Waals surface area contributed by atoms with E-state index in [1.165, 1.54) is 11.8 Å². The normalized spacial score (nSPS) is 20.1. The predicted molar refractivity (Wildman–Crippen MR) is 107 cm³/mol. The van der Waals surface area contributed by atoms with Gasteiger partial charge >= 0.3 is 0 Å². The molecule has 1 saturated heterocycles. The molecule has 0 bridgehead atoms. The number of halogens is 1. The van der Waals surface area contributed by atoms with Crippen LogP contribution in [0.15, 0.2) is 30.3 Å². The molecular weight excluding hydrogens is 374 g/mol. The van der Waals surface area contributed by atoms with Crippen molar-refractivity contribution in [1.82, 2.24) is 9.80 Å². The summed E-state index contributed by atoms with van der Waals surface area (Å²) in [5, 5.41) is 0. The summed E-state index contributed by atoms with van der Waals surface area (Å²) in [6.07, 6.45) is 2.23. The fraction of sp³-hybridized carbons (Fsp3) is 0.611. The van der Waals surface area contributed by atoms with Gasteiger partial charge in [0.1, 0.15) is 9.84 Å². The number of nitrogens with zero attached hydrogens (tertiary/aromatic N) is 2. The molecular formula is C18H30ClN3O3S. The SMILES string of the molecule is CC1CCN(C(=O)C(N)CCS(C)(=O)=O)CCN1Cc1ccccc1.Cl. The minimum Gasteiger partial charge on any atom is -0.340 e.